The van der Waals surface area contributed by atoms with Gasteiger partial charge in [-0.1, -0.05) is 19.1 Å². The number of hydrogen-bond donors (Lipinski definition) is 3. The second-order valence-corrected chi connectivity index (χ2v) is 7.19. The van der Waals surface area contributed by atoms with E-state index in [1.165, 1.54) is 0 Å². The standard InChI is InChI=1S/C20H30N6O2/c1-3-19(28)26-10-8-16(13-26)24-20(21-2)23-12-15-4-6-17(7-5-15)25-11-9-22-18(27)14-25/h4-7,16H,3,8-14H2,1-2H3,(H,22,27)(H2,21,23,24). The summed E-state index contributed by atoms with van der Waals surface area (Å²) in [5.41, 5.74) is 2.20. The van der Waals surface area contributed by atoms with Gasteiger partial charge in [0.05, 0.1) is 6.54 Å². The normalized spacial score (nSPS) is 20.1. The van der Waals surface area contributed by atoms with Crippen LogP contribution in [0.5, 0.6) is 0 Å². The molecule has 8 nitrogen and oxygen atoms in total. The second-order valence-electron chi connectivity index (χ2n) is 7.19. The first kappa shape index (κ1) is 20.0. The van der Waals surface area contributed by atoms with Gasteiger partial charge >= 0.3 is 0 Å². The Hall–Kier alpha value is -2.77. The molecular formula is C20H30N6O2. The number of hydrogen-bond acceptors (Lipinski definition) is 4. The Kier molecular flexibility index (Phi) is 6.73. The summed E-state index contributed by atoms with van der Waals surface area (Å²) in [7, 11) is 1.75. The Morgan fingerprint density at radius 3 is 2.75 bits per heavy atom. The number of nitrogens with one attached hydrogen (secondary N) is 3. The summed E-state index contributed by atoms with van der Waals surface area (Å²) in [6.45, 7) is 6.01. The highest BCUT2D eigenvalue weighted by atomic mass is 16.2. The van der Waals surface area contributed by atoms with E-state index < -0.39 is 0 Å². The molecule has 0 spiro atoms. The molecule has 1 aromatic rings. The summed E-state index contributed by atoms with van der Waals surface area (Å²) in [5, 5.41) is 9.58. The lowest BCUT2D eigenvalue weighted by atomic mass is 10.2. The summed E-state index contributed by atoms with van der Waals surface area (Å²) in [6, 6.07) is 8.47. The van der Waals surface area contributed by atoms with Crippen molar-refractivity contribution < 1.29 is 9.59 Å². The van der Waals surface area contributed by atoms with Crippen LogP contribution in [0.4, 0.5) is 5.69 Å². The van der Waals surface area contributed by atoms with Gasteiger partial charge in [-0.15, -0.1) is 0 Å². The minimum Gasteiger partial charge on any atom is -0.360 e. The van der Waals surface area contributed by atoms with E-state index in [1.807, 2.05) is 11.8 Å². The van der Waals surface area contributed by atoms with Gasteiger partial charge in [0.1, 0.15) is 0 Å². The largest absolute Gasteiger partial charge is 0.360 e. The van der Waals surface area contributed by atoms with Gasteiger partial charge in [0.25, 0.3) is 0 Å². The summed E-state index contributed by atoms with van der Waals surface area (Å²) in [6.07, 6.45) is 1.49. The molecule has 8 heteroatoms. The molecule has 2 aliphatic rings. The van der Waals surface area contributed by atoms with E-state index in [9.17, 15) is 9.59 Å². The van der Waals surface area contributed by atoms with Gasteiger partial charge in [0, 0.05) is 57.9 Å². The van der Waals surface area contributed by atoms with Crippen molar-refractivity contribution in [2.24, 2.45) is 4.99 Å². The Bertz CT molecular complexity index is 718. The number of benzene rings is 1. The molecule has 3 N–H and O–H groups in total. The average molecular weight is 387 g/mol. The highest BCUT2D eigenvalue weighted by Crippen LogP contribution is 2.16. The molecule has 0 aromatic heterocycles. The van der Waals surface area contributed by atoms with E-state index >= 15 is 0 Å². The number of guanidine groups is 1. The van der Waals surface area contributed by atoms with E-state index in [1.54, 1.807) is 7.05 Å². The van der Waals surface area contributed by atoms with Crippen LogP contribution in [0.3, 0.4) is 0 Å². The van der Waals surface area contributed by atoms with Crippen molar-refractivity contribution in [1.29, 1.82) is 0 Å². The van der Waals surface area contributed by atoms with Crippen LogP contribution < -0.4 is 20.9 Å². The summed E-state index contributed by atoms with van der Waals surface area (Å²) in [4.78, 5) is 31.6. The number of anilines is 1. The number of amides is 2. The zero-order chi connectivity index (χ0) is 19.9. The molecule has 152 valence electrons. The summed E-state index contributed by atoms with van der Waals surface area (Å²) in [5.74, 6) is 1.02. The first-order valence-electron chi connectivity index (χ1n) is 9.94. The van der Waals surface area contributed by atoms with Crippen molar-refractivity contribution in [3.63, 3.8) is 0 Å². The number of likely N-dealkylation sites (tertiary alicyclic amines) is 1. The van der Waals surface area contributed by atoms with Crippen molar-refractivity contribution in [3.05, 3.63) is 29.8 Å². The van der Waals surface area contributed by atoms with Crippen molar-refractivity contribution in [1.82, 2.24) is 20.9 Å². The van der Waals surface area contributed by atoms with E-state index in [-0.39, 0.29) is 17.9 Å². The summed E-state index contributed by atoms with van der Waals surface area (Å²) < 4.78 is 0. The molecule has 1 atom stereocenters. The van der Waals surface area contributed by atoms with Crippen LogP contribution in [-0.2, 0) is 16.1 Å². The minimum absolute atomic E-state index is 0.0676. The number of carbonyl (C=O) groups is 2. The molecule has 1 unspecified atom stereocenters. The van der Waals surface area contributed by atoms with Gasteiger partial charge in [0.15, 0.2) is 5.96 Å². The molecule has 28 heavy (non-hydrogen) atoms. The predicted molar refractivity (Wildman–Crippen MR) is 110 cm³/mol. The van der Waals surface area contributed by atoms with Gasteiger partial charge in [-0.2, -0.15) is 0 Å². The average Bonchev–Trinajstić information content (AvgIpc) is 3.19. The Balaban J connectivity index is 1.47. The fraction of sp³-hybridized carbons (Fsp3) is 0.550. The monoisotopic (exact) mass is 386 g/mol. The number of aliphatic imine (C=N–C) groups is 1. The van der Waals surface area contributed by atoms with Crippen LogP contribution in [0.25, 0.3) is 0 Å². The lowest BCUT2D eigenvalue weighted by molar-refractivity contribution is -0.129. The number of nitrogens with zero attached hydrogens (tertiary/aromatic N) is 3. The van der Waals surface area contributed by atoms with Gasteiger partial charge < -0.3 is 25.8 Å². The third kappa shape index (κ3) is 5.15. The second kappa shape index (κ2) is 9.43. The highest BCUT2D eigenvalue weighted by Gasteiger charge is 2.25. The highest BCUT2D eigenvalue weighted by molar-refractivity contribution is 5.82. The molecule has 1 aromatic carbocycles. The smallest absolute Gasteiger partial charge is 0.239 e. The number of piperazine rings is 1. The first-order valence-corrected chi connectivity index (χ1v) is 9.94. The lowest BCUT2D eigenvalue weighted by Crippen LogP contribution is -2.47. The van der Waals surface area contributed by atoms with Crippen molar-refractivity contribution in [3.8, 4) is 0 Å². The van der Waals surface area contributed by atoms with Crippen molar-refractivity contribution in [2.75, 3.05) is 44.7 Å². The molecular weight excluding hydrogens is 356 g/mol. The molecule has 2 amide bonds. The zero-order valence-corrected chi connectivity index (χ0v) is 16.7. The van der Waals surface area contributed by atoms with Crippen LogP contribution >= 0.6 is 0 Å². The van der Waals surface area contributed by atoms with Crippen LogP contribution in [0.1, 0.15) is 25.3 Å². The van der Waals surface area contributed by atoms with E-state index in [2.05, 4.69) is 50.1 Å². The maximum absolute atomic E-state index is 11.8. The maximum atomic E-state index is 11.8. The van der Waals surface area contributed by atoms with Gasteiger partial charge in [-0.05, 0) is 24.1 Å². The van der Waals surface area contributed by atoms with Crippen molar-refractivity contribution >= 4 is 23.5 Å². The summed E-state index contributed by atoms with van der Waals surface area (Å²) >= 11 is 0. The molecule has 3 rings (SSSR count). The van der Waals surface area contributed by atoms with Crippen LogP contribution in [0.15, 0.2) is 29.3 Å². The van der Waals surface area contributed by atoms with E-state index in [4.69, 9.17) is 0 Å². The fourth-order valence-electron chi connectivity index (χ4n) is 3.59. The Morgan fingerprint density at radius 1 is 1.29 bits per heavy atom. The Morgan fingerprint density at radius 2 is 2.07 bits per heavy atom. The molecule has 0 bridgehead atoms. The molecule has 2 aliphatic heterocycles. The Labute approximate surface area is 166 Å². The number of carbonyl (C=O) groups excluding carboxylic acids is 2. The zero-order valence-electron chi connectivity index (χ0n) is 16.7. The molecule has 0 aliphatic carbocycles. The van der Waals surface area contributed by atoms with Gasteiger partial charge in [-0.25, -0.2) is 0 Å². The first-order chi connectivity index (χ1) is 13.6. The van der Waals surface area contributed by atoms with E-state index in [0.29, 0.717) is 26.1 Å². The quantitative estimate of drug-likeness (QED) is 0.500. The topological polar surface area (TPSA) is 89.1 Å². The molecule has 0 saturated carbocycles. The third-order valence-corrected chi connectivity index (χ3v) is 5.21. The van der Waals surface area contributed by atoms with E-state index in [0.717, 1.165) is 43.3 Å². The van der Waals surface area contributed by atoms with Crippen LogP contribution in [-0.4, -0.2) is 68.5 Å². The fourth-order valence-corrected chi connectivity index (χ4v) is 3.59. The van der Waals surface area contributed by atoms with Crippen LogP contribution in [0, 0.1) is 0 Å². The SMILES string of the molecule is CCC(=O)N1CCC(NC(=NC)NCc2ccc(N3CCNC(=O)C3)cc2)C1. The lowest BCUT2D eigenvalue weighted by Gasteiger charge is -2.28. The molecule has 2 saturated heterocycles. The minimum atomic E-state index is 0.0676. The van der Waals surface area contributed by atoms with Crippen LogP contribution in [0.2, 0.25) is 0 Å². The number of rotatable bonds is 5. The van der Waals surface area contributed by atoms with Crippen molar-refractivity contribution in [2.45, 2.75) is 32.4 Å². The van der Waals surface area contributed by atoms with Gasteiger partial charge in [0.2, 0.25) is 11.8 Å². The third-order valence-electron chi connectivity index (χ3n) is 5.21. The molecule has 0 radical (unpaired) electrons. The molecule has 2 fully saturated rings. The van der Waals surface area contributed by atoms with Gasteiger partial charge in [-0.3, -0.25) is 14.6 Å². The molecule has 2 heterocycles. The predicted octanol–water partition coefficient (Wildman–Crippen LogP) is 0.299. The maximum Gasteiger partial charge on any atom is 0.239 e.